The van der Waals surface area contributed by atoms with Crippen LogP contribution in [0.15, 0.2) is 48.5 Å². The Bertz CT molecular complexity index is 828. The van der Waals surface area contributed by atoms with Gasteiger partial charge in [-0.2, -0.15) is 0 Å². The summed E-state index contributed by atoms with van der Waals surface area (Å²) in [6.45, 7) is 1.73. The SMILES string of the molecule is C[C@@](NC(=O)OCC1c2ccccc2-c2ccccc21)(C(=O)O)C1CC1. The molecule has 134 valence electrons. The van der Waals surface area contributed by atoms with Crippen molar-refractivity contribution < 1.29 is 19.4 Å². The van der Waals surface area contributed by atoms with Crippen molar-refractivity contribution in [3.05, 3.63) is 59.7 Å². The first-order valence-corrected chi connectivity index (χ1v) is 8.87. The van der Waals surface area contributed by atoms with Crippen LogP contribution in [0, 0.1) is 5.92 Å². The summed E-state index contributed by atoms with van der Waals surface area (Å²) in [5.41, 5.74) is 3.31. The molecule has 2 aromatic rings. The van der Waals surface area contributed by atoms with Crippen LogP contribution in [-0.2, 0) is 9.53 Å². The largest absolute Gasteiger partial charge is 0.480 e. The summed E-state index contributed by atoms with van der Waals surface area (Å²) >= 11 is 0. The van der Waals surface area contributed by atoms with Crippen LogP contribution in [0.5, 0.6) is 0 Å². The molecule has 2 aromatic carbocycles. The van der Waals surface area contributed by atoms with Crippen LogP contribution in [0.2, 0.25) is 0 Å². The minimum atomic E-state index is -1.26. The number of fused-ring (bicyclic) bond motifs is 3. The van der Waals surface area contributed by atoms with Crippen molar-refractivity contribution in [2.24, 2.45) is 5.92 Å². The Balaban J connectivity index is 1.50. The molecule has 1 saturated carbocycles. The molecule has 5 nitrogen and oxygen atoms in total. The van der Waals surface area contributed by atoms with Gasteiger partial charge in [-0.3, -0.25) is 0 Å². The second-order valence-electron chi connectivity index (χ2n) is 7.23. The Morgan fingerprint density at radius 2 is 1.62 bits per heavy atom. The van der Waals surface area contributed by atoms with Crippen molar-refractivity contribution >= 4 is 12.1 Å². The molecule has 0 aliphatic heterocycles. The number of benzene rings is 2. The van der Waals surface area contributed by atoms with Gasteiger partial charge in [0.25, 0.3) is 0 Å². The highest BCUT2D eigenvalue weighted by molar-refractivity contribution is 5.85. The first kappa shape index (κ1) is 16.6. The molecule has 0 heterocycles. The zero-order chi connectivity index (χ0) is 18.3. The number of ether oxygens (including phenoxy) is 1. The monoisotopic (exact) mass is 351 g/mol. The molecule has 4 rings (SSSR count). The maximum Gasteiger partial charge on any atom is 0.408 e. The fourth-order valence-electron chi connectivity index (χ4n) is 3.84. The van der Waals surface area contributed by atoms with Crippen molar-refractivity contribution in [2.75, 3.05) is 6.61 Å². The van der Waals surface area contributed by atoms with Gasteiger partial charge >= 0.3 is 12.1 Å². The number of aliphatic carboxylic acids is 1. The van der Waals surface area contributed by atoms with Crippen LogP contribution in [0.1, 0.15) is 36.8 Å². The van der Waals surface area contributed by atoms with Crippen LogP contribution in [0.3, 0.4) is 0 Å². The summed E-state index contributed by atoms with van der Waals surface area (Å²) in [6, 6.07) is 16.2. The molecule has 0 saturated heterocycles. The highest BCUT2D eigenvalue weighted by Crippen LogP contribution is 2.44. The normalized spacial score (nSPS) is 17.7. The second-order valence-corrected chi connectivity index (χ2v) is 7.23. The zero-order valence-electron chi connectivity index (χ0n) is 14.6. The fourth-order valence-corrected chi connectivity index (χ4v) is 3.84. The van der Waals surface area contributed by atoms with E-state index >= 15 is 0 Å². The molecule has 1 fully saturated rings. The average molecular weight is 351 g/mol. The molecule has 1 atom stereocenters. The average Bonchev–Trinajstić information content (AvgIpc) is 3.44. The van der Waals surface area contributed by atoms with Gasteiger partial charge in [-0.25, -0.2) is 9.59 Å². The molecular formula is C21H21NO4. The van der Waals surface area contributed by atoms with E-state index in [1.165, 1.54) is 0 Å². The fraction of sp³-hybridized carbons (Fsp3) is 0.333. The molecule has 26 heavy (non-hydrogen) atoms. The van der Waals surface area contributed by atoms with E-state index in [0.29, 0.717) is 0 Å². The third kappa shape index (κ3) is 2.73. The minimum absolute atomic E-state index is 0.0273. The number of hydrogen-bond donors (Lipinski definition) is 2. The molecule has 2 N–H and O–H groups in total. The third-order valence-electron chi connectivity index (χ3n) is 5.54. The number of carbonyl (C=O) groups is 2. The van der Waals surface area contributed by atoms with Crippen molar-refractivity contribution in [3.8, 4) is 11.1 Å². The topological polar surface area (TPSA) is 75.6 Å². The molecular weight excluding hydrogens is 330 g/mol. The predicted molar refractivity (Wildman–Crippen MR) is 97.0 cm³/mol. The summed E-state index contributed by atoms with van der Waals surface area (Å²) < 4.78 is 5.45. The molecule has 0 spiro atoms. The molecule has 0 aromatic heterocycles. The lowest BCUT2D eigenvalue weighted by Gasteiger charge is -2.26. The summed E-state index contributed by atoms with van der Waals surface area (Å²) in [5.74, 6) is -1.08. The van der Waals surface area contributed by atoms with E-state index in [2.05, 4.69) is 17.4 Å². The molecule has 2 aliphatic rings. The van der Waals surface area contributed by atoms with E-state index in [9.17, 15) is 14.7 Å². The van der Waals surface area contributed by atoms with Gasteiger partial charge in [0, 0.05) is 5.92 Å². The lowest BCUT2D eigenvalue weighted by atomic mass is 9.96. The van der Waals surface area contributed by atoms with Crippen LogP contribution in [0.25, 0.3) is 11.1 Å². The van der Waals surface area contributed by atoms with Crippen LogP contribution in [-0.4, -0.2) is 29.3 Å². The maximum atomic E-state index is 12.3. The lowest BCUT2D eigenvalue weighted by molar-refractivity contribution is -0.144. The number of hydrogen-bond acceptors (Lipinski definition) is 3. The second kappa shape index (κ2) is 6.16. The van der Waals surface area contributed by atoms with Gasteiger partial charge in [-0.15, -0.1) is 0 Å². The zero-order valence-corrected chi connectivity index (χ0v) is 14.6. The highest BCUT2D eigenvalue weighted by Gasteiger charge is 2.49. The molecule has 0 unspecified atom stereocenters. The number of carbonyl (C=O) groups excluding carboxylic acids is 1. The van der Waals surface area contributed by atoms with Gasteiger partial charge in [0.2, 0.25) is 0 Å². The van der Waals surface area contributed by atoms with Gasteiger partial charge < -0.3 is 15.2 Å². The maximum absolute atomic E-state index is 12.3. The minimum Gasteiger partial charge on any atom is -0.480 e. The van der Waals surface area contributed by atoms with Crippen molar-refractivity contribution in [2.45, 2.75) is 31.2 Å². The standard InChI is InChI=1S/C21H21NO4/c1-21(19(23)24,13-10-11-13)22-20(25)26-12-18-16-8-4-2-6-14(16)15-7-3-5-9-17(15)18/h2-9,13,18H,10-12H2,1H3,(H,22,25)(H,23,24)/t21-/m0/s1. The van der Waals surface area contributed by atoms with Gasteiger partial charge in [0.1, 0.15) is 12.1 Å². The quantitative estimate of drug-likeness (QED) is 0.860. The molecule has 2 aliphatic carbocycles. The number of nitrogens with one attached hydrogen (secondary N) is 1. The summed E-state index contributed by atoms with van der Waals surface area (Å²) in [5, 5.41) is 12.0. The van der Waals surface area contributed by atoms with Gasteiger partial charge in [-0.05, 0) is 47.9 Å². The van der Waals surface area contributed by atoms with Crippen LogP contribution < -0.4 is 5.32 Å². The third-order valence-corrected chi connectivity index (χ3v) is 5.54. The highest BCUT2D eigenvalue weighted by atomic mass is 16.5. The first-order chi connectivity index (χ1) is 12.5. The van der Waals surface area contributed by atoms with Crippen LogP contribution >= 0.6 is 0 Å². The molecule has 1 amide bonds. The van der Waals surface area contributed by atoms with E-state index < -0.39 is 17.6 Å². The number of carboxylic acids is 1. The van der Waals surface area contributed by atoms with Gasteiger partial charge in [0.05, 0.1) is 0 Å². The Morgan fingerprint density at radius 3 is 2.12 bits per heavy atom. The van der Waals surface area contributed by atoms with Gasteiger partial charge in [-0.1, -0.05) is 48.5 Å². The predicted octanol–water partition coefficient (Wildman–Crippen LogP) is 3.78. The van der Waals surface area contributed by atoms with Crippen LogP contribution in [0.4, 0.5) is 4.79 Å². The molecule has 0 bridgehead atoms. The Morgan fingerprint density at radius 1 is 1.08 bits per heavy atom. The summed E-state index contributed by atoms with van der Waals surface area (Å²) in [7, 11) is 0. The number of carboxylic acid groups (broad SMARTS) is 1. The summed E-state index contributed by atoms with van der Waals surface area (Å²) in [6.07, 6.45) is 0.947. The van der Waals surface area contributed by atoms with Gasteiger partial charge in [0.15, 0.2) is 0 Å². The molecule has 0 radical (unpaired) electrons. The van der Waals surface area contributed by atoms with E-state index in [-0.39, 0.29) is 18.4 Å². The lowest BCUT2D eigenvalue weighted by Crippen LogP contribution is -2.54. The van der Waals surface area contributed by atoms with Crippen molar-refractivity contribution in [3.63, 3.8) is 0 Å². The Hall–Kier alpha value is -2.82. The number of amides is 1. The number of alkyl carbamates (subject to hydrolysis) is 1. The van der Waals surface area contributed by atoms with Crippen molar-refractivity contribution in [1.29, 1.82) is 0 Å². The van der Waals surface area contributed by atoms with E-state index in [4.69, 9.17) is 4.74 Å². The van der Waals surface area contributed by atoms with E-state index in [1.54, 1.807) is 6.92 Å². The van der Waals surface area contributed by atoms with E-state index in [0.717, 1.165) is 35.1 Å². The van der Waals surface area contributed by atoms with E-state index in [1.807, 2.05) is 36.4 Å². The first-order valence-electron chi connectivity index (χ1n) is 8.87. The molecule has 5 heteroatoms. The Labute approximate surface area is 152 Å². The summed E-state index contributed by atoms with van der Waals surface area (Å²) in [4.78, 5) is 23.8. The Kier molecular flexibility index (Phi) is 3.94. The smallest absolute Gasteiger partial charge is 0.408 e. The number of rotatable bonds is 5. The van der Waals surface area contributed by atoms with Crippen molar-refractivity contribution in [1.82, 2.24) is 5.32 Å².